The molecular weight excluding hydrogens is 236 g/mol. The van der Waals surface area contributed by atoms with Crippen LogP contribution in [0.1, 0.15) is 12.5 Å². The van der Waals surface area contributed by atoms with Crippen molar-refractivity contribution in [1.82, 2.24) is 0 Å². The van der Waals surface area contributed by atoms with Crippen LogP contribution in [0.2, 0.25) is 0 Å². The van der Waals surface area contributed by atoms with Crippen LogP contribution in [0.25, 0.3) is 0 Å². The Morgan fingerprint density at radius 2 is 2.11 bits per heavy atom. The Labute approximate surface area is 104 Å². The van der Waals surface area contributed by atoms with E-state index in [0.717, 1.165) is 5.56 Å². The summed E-state index contributed by atoms with van der Waals surface area (Å²) in [4.78, 5) is 10.9. The highest BCUT2D eigenvalue weighted by Gasteiger charge is 2.08. The number of hydrogen-bond donors (Lipinski definition) is 3. The number of ether oxygens (including phenoxy) is 2. The monoisotopic (exact) mass is 251 g/mol. The van der Waals surface area contributed by atoms with E-state index in [-0.39, 0.29) is 5.96 Å². The molecule has 1 aromatic carbocycles. The van der Waals surface area contributed by atoms with E-state index in [4.69, 9.17) is 20.9 Å². The van der Waals surface area contributed by atoms with E-state index in [0.29, 0.717) is 11.5 Å². The number of nitrogens with one attached hydrogen (secondary N) is 1. The first-order chi connectivity index (χ1) is 8.52. The summed E-state index contributed by atoms with van der Waals surface area (Å²) in [5.41, 5.74) is 11.1. The van der Waals surface area contributed by atoms with Gasteiger partial charge in [-0.1, -0.05) is 0 Å². The Kier molecular flexibility index (Phi) is 4.67. The molecular formula is C11H15N4O3+. The third kappa shape index (κ3) is 4.12. The molecule has 0 spiro atoms. The minimum Gasteiger partial charge on any atom is -0.493 e. The van der Waals surface area contributed by atoms with Crippen molar-refractivity contribution in [3.8, 4) is 11.5 Å². The fourth-order valence-electron chi connectivity index (χ4n) is 1.19. The third-order valence-corrected chi connectivity index (χ3v) is 1.87. The van der Waals surface area contributed by atoms with Gasteiger partial charge in [-0.2, -0.15) is 0 Å². The topological polar surface area (TPSA) is 114 Å². The van der Waals surface area contributed by atoms with Gasteiger partial charge in [-0.05, 0) is 18.2 Å². The second-order valence-electron chi connectivity index (χ2n) is 3.31. The molecule has 0 atom stereocenters. The fraction of sp³-hybridized carbons (Fsp3) is 0.182. The van der Waals surface area contributed by atoms with Gasteiger partial charge in [0.15, 0.2) is 11.5 Å². The van der Waals surface area contributed by atoms with E-state index in [1.807, 2.05) is 0 Å². The second kappa shape index (κ2) is 6.24. The zero-order chi connectivity index (χ0) is 13.5. The molecule has 0 saturated carbocycles. The summed E-state index contributed by atoms with van der Waals surface area (Å²) in [5.74, 6) is 0.299. The average Bonchev–Trinajstić information content (AvgIpc) is 2.29. The molecule has 0 aliphatic carbocycles. The van der Waals surface area contributed by atoms with Crippen LogP contribution in [0.4, 0.5) is 0 Å². The predicted octanol–water partition coefficient (Wildman–Crippen LogP) is -1.69. The summed E-state index contributed by atoms with van der Waals surface area (Å²) in [5, 5.41) is 6.15. The second-order valence-corrected chi connectivity index (χ2v) is 3.31. The molecule has 0 radical (unpaired) electrons. The minimum absolute atomic E-state index is 0.0743. The van der Waals surface area contributed by atoms with Crippen LogP contribution in [-0.4, -0.2) is 25.3 Å². The fourth-order valence-corrected chi connectivity index (χ4v) is 1.19. The van der Waals surface area contributed by atoms with Gasteiger partial charge in [0.25, 0.3) is 5.96 Å². The van der Waals surface area contributed by atoms with Crippen LogP contribution >= 0.6 is 0 Å². The predicted molar refractivity (Wildman–Crippen MR) is 66.2 cm³/mol. The number of hydrazone groups is 1. The number of carbonyl (C=O) groups excluding carboxylic acids is 1. The molecule has 1 aromatic rings. The first kappa shape index (κ1) is 13.5. The molecule has 0 saturated heterocycles. The quantitative estimate of drug-likeness (QED) is 0.194. The first-order valence-electron chi connectivity index (χ1n) is 5.06. The highest BCUT2D eigenvalue weighted by Crippen LogP contribution is 2.27. The molecule has 0 bridgehead atoms. The van der Waals surface area contributed by atoms with Crippen molar-refractivity contribution in [3.05, 3.63) is 23.8 Å². The van der Waals surface area contributed by atoms with Crippen LogP contribution in [0, 0.1) is 0 Å². The number of nitrogens with zero attached hydrogens (tertiary/aromatic N) is 1. The smallest absolute Gasteiger partial charge is 0.308 e. The number of hydrogen-bond acceptors (Lipinski definition) is 4. The zero-order valence-electron chi connectivity index (χ0n) is 10.1. The molecule has 96 valence electrons. The van der Waals surface area contributed by atoms with Gasteiger partial charge in [0.1, 0.15) is 0 Å². The average molecular weight is 251 g/mol. The van der Waals surface area contributed by atoms with Gasteiger partial charge in [-0.15, -0.1) is 5.10 Å². The Bertz CT molecular complexity index is 493. The Balaban J connectivity index is 2.94. The lowest BCUT2D eigenvalue weighted by atomic mass is 10.2. The van der Waals surface area contributed by atoms with Crippen molar-refractivity contribution in [2.45, 2.75) is 6.92 Å². The minimum atomic E-state index is -0.413. The van der Waals surface area contributed by atoms with E-state index < -0.39 is 5.97 Å². The number of guanidine groups is 1. The molecule has 7 nitrogen and oxygen atoms in total. The van der Waals surface area contributed by atoms with Gasteiger partial charge in [-0.25, -0.2) is 0 Å². The SMILES string of the molecule is COc1cc(/C=[NH+]/N=C(N)N)ccc1OC(C)=O. The summed E-state index contributed by atoms with van der Waals surface area (Å²) in [6, 6.07) is 5.01. The van der Waals surface area contributed by atoms with Crippen molar-refractivity contribution in [2.75, 3.05) is 7.11 Å². The molecule has 0 fully saturated rings. The van der Waals surface area contributed by atoms with Crippen LogP contribution in [0.3, 0.4) is 0 Å². The number of benzene rings is 1. The summed E-state index contributed by atoms with van der Waals surface area (Å²) >= 11 is 0. The summed E-state index contributed by atoms with van der Waals surface area (Å²) in [7, 11) is 1.48. The Morgan fingerprint density at radius 3 is 2.67 bits per heavy atom. The van der Waals surface area contributed by atoms with Crippen LogP contribution in [0.15, 0.2) is 23.3 Å². The standard InChI is InChI=1S/C11H14N4O3/c1-7(16)18-9-4-3-8(5-10(9)17-2)6-14-15-11(12)13/h3-6H,1-2H3,(H4,12,13,15)/p+1/b14-6+. The number of carbonyl (C=O) groups is 1. The lowest BCUT2D eigenvalue weighted by Crippen LogP contribution is -2.63. The number of rotatable bonds is 4. The maximum atomic E-state index is 10.9. The van der Waals surface area contributed by atoms with Crippen molar-refractivity contribution in [2.24, 2.45) is 16.6 Å². The number of nitrogens with two attached hydrogens (primary N) is 2. The zero-order valence-corrected chi connectivity index (χ0v) is 10.1. The van der Waals surface area contributed by atoms with Crippen LogP contribution < -0.4 is 26.0 Å². The maximum absolute atomic E-state index is 10.9. The summed E-state index contributed by atoms with van der Waals surface area (Å²) in [6.07, 6.45) is 1.57. The third-order valence-electron chi connectivity index (χ3n) is 1.87. The van der Waals surface area contributed by atoms with E-state index in [1.54, 1.807) is 24.4 Å². The highest BCUT2D eigenvalue weighted by molar-refractivity contribution is 5.78. The molecule has 0 heterocycles. The lowest BCUT2D eigenvalue weighted by molar-refractivity contribution is -0.456. The van der Waals surface area contributed by atoms with Crippen molar-refractivity contribution in [3.63, 3.8) is 0 Å². The molecule has 0 aliphatic heterocycles. The normalized spacial score (nSPS) is 10.1. The van der Waals surface area contributed by atoms with E-state index in [9.17, 15) is 4.79 Å². The van der Waals surface area contributed by atoms with Crippen molar-refractivity contribution in [1.29, 1.82) is 0 Å². The molecule has 0 aromatic heterocycles. The largest absolute Gasteiger partial charge is 0.493 e. The van der Waals surface area contributed by atoms with Gasteiger partial charge < -0.3 is 20.9 Å². The van der Waals surface area contributed by atoms with Gasteiger partial charge in [-0.3, -0.25) is 4.79 Å². The summed E-state index contributed by atoms with van der Waals surface area (Å²) in [6.45, 7) is 1.32. The van der Waals surface area contributed by atoms with Crippen molar-refractivity contribution >= 4 is 18.1 Å². The highest BCUT2D eigenvalue weighted by atomic mass is 16.6. The van der Waals surface area contributed by atoms with E-state index in [2.05, 4.69) is 10.2 Å². The Hall–Kier alpha value is -2.57. The number of esters is 1. The lowest BCUT2D eigenvalue weighted by Gasteiger charge is -2.07. The van der Waals surface area contributed by atoms with Crippen molar-refractivity contribution < 1.29 is 19.4 Å². The molecule has 0 unspecified atom stereocenters. The van der Waals surface area contributed by atoms with Crippen LogP contribution in [0.5, 0.6) is 11.5 Å². The molecule has 5 N–H and O–H groups in total. The van der Waals surface area contributed by atoms with Gasteiger partial charge in [0, 0.05) is 17.6 Å². The molecule has 1 rings (SSSR count). The molecule has 18 heavy (non-hydrogen) atoms. The molecule has 0 aliphatic rings. The molecule has 7 heteroatoms. The van der Waals surface area contributed by atoms with E-state index in [1.165, 1.54) is 14.0 Å². The summed E-state index contributed by atoms with van der Waals surface area (Å²) < 4.78 is 10.1. The van der Waals surface area contributed by atoms with Gasteiger partial charge in [0.05, 0.1) is 7.11 Å². The van der Waals surface area contributed by atoms with E-state index >= 15 is 0 Å². The molecule has 0 amide bonds. The van der Waals surface area contributed by atoms with Gasteiger partial charge >= 0.3 is 5.97 Å². The van der Waals surface area contributed by atoms with Crippen LogP contribution in [-0.2, 0) is 4.79 Å². The first-order valence-corrected chi connectivity index (χ1v) is 5.06. The number of methoxy groups -OCH3 is 1. The van der Waals surface area contributed by atoms with Gasteiger partial charge in [0.2, 0.25) is 6.21 Å². The Morgan fingerprint density at radius 1 is 1.39 bits per heavy atom. The maximum Gasteiger partial charge on any atom is 0.308 e.